The van der Waals surface area contributed by atoms with Gasteiger partial charge in [0.05, 0.1) is 12.8 Å². The number of rotatable bonds is 5. The van der Waals surface area contributed by atoms with Gasteiger partial charge in [-0.2, -0.15) is 0 Å². The number of halogens is 1. The molecule has 0 spiro atoms. The number of nitrogens with zero attached hydrogens (tertiary/aromatic N) is 2. The number of methoxy groups -OCH3 is 1. The quantitative estimate of drug-likeness (QED) is 0.678. The molecule has 3 heterocycles. The monoisotopic (exact) mass is 366 g/mol. The summed E-state index contributed by atoms with van der Waals surface area (Å²) < 4.78 is 19.2. The maximum Gasteiger partial charge on any atom is 0.141 e. The maximum atomic E-state index is 13.8. The average Bonchev–Trinajstić information content (AvgIpc) is 3.13. The van der Waals surface area contributed by atoms with E-state index in [0.717, 1.165) is 29.4 Å². The molecular formula is C20H19FN4O2. The van der Waals surface area contributed by atoms with Crippen LogP contribution in [0.4, 0.5) is 4.39 Å². The van der Waals surface area contributed by atoms with Gasteiger partial charge in [0, 0.05) is 35.7 Å². The fraction of sp³-hybridized carbons (Fsp3) is 0.250. The number of aromatic amines is 1. The zero-order valence-corrected chi connectivity index (χ0v) is 14.8. The Kier molecular flexibility index (Phi) is 4.68. The van der Waals surface area contributed by atoms with Gasteiger partial charge in [0.25, 0.3) is 0 Å². The van der Waals surface area contributed by atoms with Crippen LogP contribution >= 0.6 is 0 Å². The van der Waals surface area contributed by atoms with Gasteiger partial charge < -0.3 is 19.8 Å². The molecule has 4 rings (SSSR count). The summed E-state index contributed by atoms with van der Waals surface area (Å²) in [6, 6.07) is 6.46. The number of nitrogens with one attached hydrogen (secondary N) is 2. The fourth-order valence-electron chi connectivity index (χ4n) is 3.47. The first-order valence-corrected chi connectivity index (χ1v) is 8.73. The Hall–Kier alpha value is -3.06. The highest BCUT2D eigenvalue weighted by molar-refractivity contribution is 5.94. The molecule has 0 fully saturated rings. The molecule has 2 aromatic heterocycles. The van der Waals surface area contributed by atoms with Crippen molar-refractivity contribution in [2.75, 3.05) is 13.7 Å². The molecule has 1 aliphatic heterocycles. The fourth-order valence-corrected chi connectivity index (χ4v) is 3.47. The molecule has 2 N–H and O–H groups in total. The van der Waals surface area contributed by atoms with Crippen LogP contribution in [0.25, 0.3) is 27.9 Å². The Bertz CT molecular complexity index is 1030. The van der Waals surface area contributed by atoms with Crippen LogP contribution in [-0.4, -0.2) is 40.9 Å². The number of carbonyl (C=O) groups is 1. The zero-order valence-electron chi connectivity index (χ0n) is 14.8. The lowest BCUT2D eigenvalue weighted by Crippen LogP contribution is -2.33. The van der Waals surface area contributed by atoms with Crippen molar-refractivity contribution in [3.05, 3.63) is 48.2 Å². The van der Waals surface area contributed by atoms with Crippen LogP contribution in [0, 0.1) is 5.82 Å². The Morgan fingerprint density at radius 1 is 1.33 bits per heavy atom. The molecule has 138 valence electrons. The number of hydrogen-bond acceptors (Lipinski definition) is 5. The van der Waals surface area contributed by atoms with Gasteiger partial charge in [0.15, 0.2) is 0 Å². The molecule has 1 aliphatic rings. The van der Waals surface area contributed by atoms with E-state index >= 15 is 0 Å². The number of aromatic nitrogens is 3. The van der Waals surface area contributed by atoms with E-state index in [-0.39, 0.29) is 11.9 Å². The third-order valence-electron chi connectivity index (χ3n) is 4.79. The van der Waals surface area contributed by atoms with E-state index in [4.69, 9.17) is 4.74 Å². The molecule has 0 radical (unpaired) electrons. The molecule has 0 bridgehead atoms. The van der Waals surface area contributed by atoms with E-state index in [1.54, 1.807) is 13.2 Å². The molecule has 1 unspecified atom stereocenters. The van der Waals surface area contributed by atoms with Crippen LogP contribution in [0.15, 0.2) is 36.7 Å². The minimum absolute atomic E-state index is 0.128. The first-order valence-electron chi connectivity index (χ1n) is 8.73. The lowest BCUT2D eigenvalue weighted by molar-refractivity contribution is -0.108. The molecule has 27 heavy (non-hydrogen) atoms. The number of carbonyl (C=O) groups excluding carboxylic acids is 1. The molecule has 7 heteroatoms. The molecule has 0 saturated carbocycles. The van der Waals surface area contributed by atoms with Crippen molar-refractivity contribution in [2.24, 2.45) is 0 Å². The van der Waals surface area contributed by atoms with Crippen LogP contribution in [0.1, 0.15) is 18.5 Å². The molecule has 1 atom stereocenters. The largest absolute Gasteiger partial charge is 0.496 e. The molecule has 0 aliphatic carbocycles. The van der Waals surface area contributed by atoms with Crippen molar-refractivity contribution in [3.63, 3.8) is 0 Å². The number of benzene rings is 1. The van der Waals surface area contributed by atoms with Gasteiger partial charge in [-0.3, -0.25) is 0 Å². The van der Waals surface area contributed by atoms with Crippen molar-refractivity contribution < 1.29 is 13.9 Å². The first-order chi connectivity index (χ1) is 13.2. The highest BCUT2D eigenvalue weighted by atomic mass is 19.1. The SMILES string of the molecule is COc1ccc(F)cc1-c1ncnc2[nH]c(C3=CCNC(CC=O)C3)cc12. The summed E-state index contributed by atoms with van der Waals surface area (Å²) in [4.78, 5) is 22.8. The summed E-state index contributed by atoms with van der Waals surface area (Å²) >= 11 is 0. The molecule has 3 aromatic rings. The number of fused-ring (bicyclic) bond motifs is 1. The number of ether oxygens (including phenoxy) is 1. The summed E-state index contributed by atoms with van der Waals surface area (Å²) in [7, 11) is 1.55. The highest BCUT2D eigenvalue weighted by Crippen LogP contribution is 2.35. The predicted octanol–water partition coefficient (Wildman–Crippen LogP) is 3.11. The van der Waals surface area contributed by atoms with Gasteiger partial charge in [-0.05, 0) is 36.3 Å². The summed E-state index contributed by atoms with van der Waals surface area (Å²) in [5.74, 6) is 0.192. The van der Waals surface area contributed by atoms with Crippen LogP contribution in [0.3, 0.4) is 0 Å². The minimum atomic E-state index is -0.355. The Balaban J connectivity index is 1.79. The van der Waals surface area contributed by atoms with E-state index in [9.17, 15) is 9.18 Å². The predicted molar refractivity (Wildman–Crippen MR) is 101 cm³/mol. The van der Waals surface area contributed by atoms with Crippen LogP contribution in [0.2, 0.25) is 0 Å². The minimum Gasteiger partial charge on any atom is -0.496 e. The Morgan fingerprint density at radius 2 is 2.22 bits per heavy atom. The van der Waals surface area contributed by atoms with Crippen LogP contribution < -0.4 is 10.1 Å². The summed E-state index contributed by atoms with van der Waals surface area (Å²) in [5, 5.41) is 4.10. The van der Waals surface area contributed by atoms with Crippen molar-refractivity contribution in [2.45, 2.75) is 18.9 Å². The van der Waals surface area contributed by atoms with Gasteiger partial charge in [0.2, 0.25) is 0 Å². The van der Waals surface area contributed by atoms with Crippen LogP contribution in [0.5, 0.6) is 5.75 Å². The Labute approximate surface area is 155 Å². The van der Waals surface area contributed by atoms with E-state index in [1.165, 1.54) is 18.5 Å². The van der Waals surface area contributed by atoms with Crippen molar-refractivity contribution in [1.82, 2.24) is 20.3 Å². The van der Waals surface area contributed by atoms with E-state index in [2.05, 4.69) is 26.3 Å². The van der Waals surface area contributed by atoms with E-state index in [1.807, 2.05) is 6.07 Å². The molecule has 6 nitrogen and oxygen atoms in total. The number of aldehydes is 1. The van der Waals surface area contributed by atoms with Crippen molar-refractivity contribution in [3.8, 4) is 17.0 Å². The van der Waals surface area contributed by atoms with Gasteiger partial charge >= 0.3 is 0 Å². The standard InChI is InChI=1S/C20H19FN4O2/c1-27-18-3-2-13(21)9-15(18)19-16-10-17(25-20(16)24-11-23-19)12-4-6-22-14(8-12)5-7-26/h2-4,7,9-11,14,22H,5-6,8H2,1H3,(H,23,24,25). The summed E-state index contributed by atoms with van der Waals surface area (Å²) in [6.45, 7) is 0.708. The Morgan fingerprint density at radius 3 is 3.04 bits per heavy atom. The van der Waals surface area contributed by atoms with Crippen molar-refractivity contribution >= 4 is 22.9 Å². The van der Waals surface area contributed by atoms with E-state index in [0.29, 0.717) is 35.6 Å². The molecule has 0 amide bonds. The molecule has 1 aromatic carbocycles. The topological polar surface area (TPSA) is 79.9 Å². The van der Waals surface area contributed by atoms with Crippen LogP contribution in [-0.2, 0) is 4.79 Å². The second-order valence-electron chi connectivity index (χ2n) is 6.45. The maximum absolute atomic E-state index is 13.8. The third kappa shape index (κ3) is 3.33. The average molecular weight is 366 g/mol. The van der Waals surface area contributed by atoms with Gasteiger partial charge in [-0.1, -0.05) is 6.08 Å². The molecular weight excluding hydrogens is 347 g/mol. The number of hydrogen-bond donors (Lipinski definition) is 2. The third-order valence-corrected chi connectivity index (χ3v) is 4.79. The first kappa shape index (κ1) is 17.4. The second-order valence-corrected chi connectivity index (χ2v) is 6.45. The normalized spacial score (nSPS) is 17.0. The van der Waals surface area contributed by atoms with Gasteiger partial charge in [-0.15, -0.1) is 0 Å². The lowest BCUT2D eigenvalue weighted by Gasteiger charge is -2.22. The van der Waals surface area contributed by atoms with Gasteiger partial charge in [0.1, 0.15) is 29.8 Å². The highest BCUT2D eigenvalue weighted by Gasteiger charge is 2.19. The van der Waals surface area contributed by atoms with Crippen molar-refractivity contribution in [1.29, 1.82) is 0 Å². The van der Waals surface area contributed by atoms with Gasteiger partial charge in [-0.25, -0.2) is 14.4 Å². The summed E-state index contributed by atoms with van der Waals surface area (Å²) in [5.41, 5.74) is 3.91. The summed E-state index contributed by atoms with van der Waals surface area (Å²) in [6.07, 6.45) is 5.71. The zero-order chi connectivity index (χ0) is 18.8. The second kappa shape index (κ2) is 7.28. The van der Waals surface area contributed by atoms with E-state index < -0.39 is 0 Å². The smallest absolute Gasteiger partial charge is 0.141 e. The lowest BCUT2D eigenvalue weighted by atomic mass is 9.97. The molecule has 0 saturated heterocycles. The number of H-pyrrole nitrogens is 1.